The minimum absolute atomic E-state index is 0.256. The van der Waals surface area contributed by atoms with E-state index in [9.17, 15) is 8.42 Å². The van der Waals surface area contributed by atoms with Crippen LogP contribution in [0.4, 0.5) is 0 Å². The number of thiophene rings is 1. The van der Waals surface area contributed by atoms with Gasteiger partial charge in [-0.15, -0.1) is 11.3 Å². The molecule has 0 aliphatic carbocycles. The molecule has 108 valence electrons. The Morgan fingerprint density at radius 1 is 1.42 bits per heavy atom. The summed E-state index contributed by atoms with van der Waals surface area (Å²) in [4.78, 5) is 1.12. The number of hydrogen-bond donors (Lipinski definition) is 1. The molecule has 6 heteroatoms. The zero-order chi connectivity index (χ0) is 14.1. The number of hydrogen-bond acceptors (Lipinski definition) is 4. The molecule has 0 saturated carbocycles. The molecule has 0 aromatic carbocycles. The van der Waals surface area contributed by atoms with Crippen LogP contribution in [0.5, 0.6) is 0 Å². The van der Waals surface area contributed by atoms with Gasteiger partial charge in [0.25, 0.3) is 10.0 Å². The Bertz CT molecular complexity index is 535. The zero-order valence-electron chi connectivity index (χ0n) is 11.8. The molecule has 1 saturated heterocycles. The van der Waals surface area contributed by atoms with E-state index in [1.54, 1.807) is 10.4 Å². The maximum Gasteiger partial charge on any atom is 0.253 e. The van der Waals surface area contributed by atoms with Gasteiger partial charge in [0.1, 0.15) is 4.21 Å². The van der Waals surface area contributed by atoms with E-state index in [4.69, 9.17) is 0 Å². The molecule has 0 spiro atoms. The molecule has 1 N–H and O–H groups in total. The molecule has 19 heavy (non-hydrogen) atoms. The van der Waals surface area contributed by atoms with E-state index in [1.807, 2.05) is 27.0 Å². The lowest BCUT2D eigenvalue weighted by atomic mass is 10.0. The first-order chi connectivity index (χ1) is 8.88. The molecule has 0 atom stereocenters. The molecular weight excluding hydrogens is 280 g/mol. The molecule has 4 nitrogen and oxygen atoms in total. The van der Waals surface area contributed by atoms with Crippen LogP contribution in [0.25, 0.3) is 0 Å². The summed E-state index contributed by atoms with van der Waals surface area (Å²) in [6, 6.07) is 3.68. The van der Waals surface area contributed by atoms with Crippen LogP contribution in [-0.2, 0) is 16.4 Å². The molecule has 1 aliphatic rings. The molecule has 1 aromatic heterocycles. The van der Waals surface area contributed by atoms with Crippen LogP contribution < -0.4 is 5.32 Å². The van der Waals surface area contributed by atoms with Gasteiger partial charge in [-0.25, -0.2) is 8.42 Å². The van der Waals surface area contributed by atoms with Crippen molar-refractivity contribution in [2.75, 3.05) is 20.1 Å². The van der Waals surface area contributed by atoms with Gasteiger partial charge in [0.05, 0.1) is 0 Å². The van der Waals surface area contributed by atoms with E-state index < -0.39 is 10.0 Å². The van der Waals surface area contributed by atoms with Crippen molar-refractivity contribution in [1.29, 1.82) is 0 Å². The highest BCUT2D eigenvalue weighted by Crippen LogP contribution is 2.36. The van der Waals surface area contributed by atoms with E-state index in [1.165, 1.54) is 11.3 Å². The fourth-order valence-corrected chi connectivity index (χ4v) is 5.83. The standard InChI is InChI=1S/C13H22N2O2S2/c1-13(2)8-4-10-15(13)19(16,17)12-6-5-11(18-12)7-9-14-3/h5-6,14H,4,7-10H2,1-3H3. The number of rotatable bonds is 5. The summed E-state index contributed by atoms with van der Waals surface area (Å²) in [6.07, 6.45) is 2.76. The number of nitrogens with one attached hydrogen (secondary N) is 1. The first kappa shape index (κ1) is 15.0. The third-order valence-corrected chi connectivity index (χ3v) is 7.35. The van der Waals surface area contributed by atoms with Crippen LogP contribution in [0, 0.1) is 0 Å². The molecule has 2 rings (SSSR count). The zero-order valence-corrected chi connectivity index (χ0v) is 13.4. The fraction of sp³-hybridized carbons (Fsp3) is 0.692. The Balaban J connectivity index is 2.22. The summed E-state index contributed by atoms with van der Waals surface area (Å²) < 4.78 is 27.5. The lowest BCUT2D eigenvalue weighted by molar-refractivity contribution is 0.292. The van der Waals surface area contributed by atoms with Crippen LogP contribution in [0.1, 0.15) is 31.6 Å². The molecule has 1 fully saturated rings. The second-order valence-corrected chi connectivity index (χ2v) is 8.82. The lowest BCUT2D eigenvalue weighted by Crippen LogP contribution is -2.42. The van der Waals surface area contributed by atoms with E-state index in [2.05, 4.69) is 5.32 Å². The summed E-state index contributed by atoms with van der Waals surface area (Å²) in [5.41, 5.74) is -0.256. The van der Waals surface area contributed by atoms with Crippen LogP contribution in [0.2, 0.25) is 0 Å². The van der Waals surface area contributed by atoms with Crippen LogP contribution in [-0.4, -0.2) is 38.4 Å². The first-order valence-corrected chi connectivity index (χ1v) is 8.90. The summed E-state index contributed by atoms with van der Waals surface area (Å²) in [5.74, 6) is 0. The van der Waals surface area contributed by atoms with Gasteiger partial charge in [-0.05, 0) is 58.8 Å². The molecule has 0 amide bonds. The average Bonchev–Trinajstić information content (AvgIpc) is 2.92. The number of sulfonamides is 1. The SMILES string of the molecule is CNCCc1ccc(S(=O)(=O)N2CCCC2(C)C)s1. The molecule has 1 aromatic rings. The monoisotopic (exact) mass is 302 g/mol. The van der Waals surface area contributed by atoms with E-state index in [-0.39, 0.29) is 5.54 Å². The van der Waals surface area contributed by atoms with Crippen molar-refractivity contribution < 1.29 is 8.42 Å². The topological polar surface area (TPSA) is 49.4 Å². The number of likely N-dealkylation sites (N-methyl/N-ethyl adjacent to an activating group) is 1. The minimum atomic E-state index is -3.32. The minimum Gasteiger partial charge on any atom is -0.319 e. The second kappa shape index (κ2) is 5.52. The van der Waals surface area contributed by atoms with Crippen molar-refractivity contribution in [3.05, 3.63) is 17.0 Å². The summed E-state index contributed by atoms with van der Waals surface area (Å²) in [7, 11) is -1.42. The van der Waals surface area contributed by atoms with Gasteiger partial charge >= 0.3 is 0 Å². The van der Waals surface area contributed by atoms with E-state index in [0.717, 1.165) is 30.7 Å². The van der Waals surface area contributed by atoms with Crippen molar-refractivity contribution in [2.45, 2.75) is 42.9 Å². The van der Waals surface area contributed by atoms with Crippen LogP contribution in [0.3, 0.4) is 0 Å². The van der Waals surface area contributed by atoms with Crippen LogP contribution in [0.15, 0.2) is 16.3 Å². The largest absolute Gasteiger partial charge is 0.319 e. The van der Waals surface area contributed by atoms with Crippen molar-refractivity contribution in [1.82, 2.24) is 9.62 Å². The molecule has 0 unspecified atom stereocenters. The first-order valence-electron chi connectivity index (χ1n) is 6.64. The molecule has 1 aliphatic heterocycles. The highest BCUT2D eigenvalue weighted by molar-refractivity contribution is 7.91. The summed E-state index contributed by atoms with van der Waals surface area (Å²) >= 11 is 1.40. The average molecular weight is 302 g/mol. The lowest BCUT2D eigenvalue weighted by Gasteiger charge is -2.29. The normalized spacial score (nSPS) is 19.9. The van der Waals surface area contributed by atoms with Crippen molar-refractivity contribution in [3.8, 4) is 0 Å². The Kier molecular flexibility index (Phi) is 4.35. The van der Waals surface area contributed by atoms with Crippen molar-refractivity contribution in [2.24, 2.45) is 0 Å². The smallest absolute Gasteiger partial charge is 0.253 e. The predicted molar refractivity (Wildman–Crippen MR) is 79.2 cm³/mol. The van der Waals surface area contributed by atoms with E-state index in [0.29, 0.717) is 10.8 Å². The fourth-order valence-electron chi connectivity index (χ4n) is 2.52. The van der Waals surface area contributed by atoms with Gasteiger partial charge in [0, 0.05) is 17.0 Å². The maximum absolute atomic E-state index is 12.7. The second-order valence-electron chi connectivity index (χ2n) is 5.57. The Morgan fingerprint density at radius 3 is 2.74 bits per heavy atom. The van der Waals surface area contributed by atoms with Gasteiger partial charge in [-0.2, -0.15) is 4.31 Å². The van der Waals surface area contributed by atoms with Gasteiger partial charge in [-0.3, -0.25) is 0 Å². The summed E-state index contributed by atoms with van der Waals surface area (Å²) in [5, 5.41) is 3.08. The van der Waals surface area contributed by atoms with Crippen molar-refractivity contribution >= 4 is 21.4 Å². The predicted octanol–water partition coefficient (Wildman–Crippen LogP) is 2.07. The highest BCUT2D eigenvalue weighted by Gasteiger charge is 2.41. The molecule has 0 radical (unpaired) electrons. The Hall–Kier alpha value is -0.430. The van der Waals surface area contributed by atoms with Gasteiger partial charge in [-0.1, -0.05) is 0 Å². The van der Waals surface area contributed by atoms with E-state index >= 15 is 0 Å². The van der Waals surface area contributed by atoms with Crippen LogP contribution >= 0.6 is 11.3 Å². The maximum atomic E-state index is 12.7. The molecule has 2 heterocycles. The molecular formula is C13H22N2O2S2. The Labute approximate surface area is 119 Å². The van der Waals surface area contributed by atoms with Gasteiger partial charge in [0.15, 0.2) is 0 Å². The Morgan fingerprint density at radius 2 is 2.16 bits per heavy atom. The van der Waals surface area contributed by atoms with Gasteiger partial charge < -0.3 is 5.32 Å². The highest BCUT2D eigenvalue weighted by atomic mass is 32.2. The quantitative estimate of drug-likeness (QED) is 0.906. The number of nitrogens with zero attached hydrogens (tertiary/aromatic N) is 1. The third-order valence-electron chi connectivity index (χ3n) is 3.63. The van der Waals surface area contributed by atoms with Gasteiger partial charge in [0.2, 0.25) is 0 Å². The van der Waals surface area contributed by atoms with Crippen molar-refractivity contribution in [3.63, 3.8) is 0 Å². The summed E-state index contributed by atoms with van der Waals surface area (Å²) in [6.45, 7) is 5.52. The molecule has 0 bridgehead atoms. The third kappa shape index (κ3) is 3.02.